The first-order chi connectivity index (χ1) is 9.82. The predicted molar refractivity (Wildman–Crippen MR) is 83.1 cm³/mol. The van der Waals surface area contributed by atoms with Gasteiger partial charge in [-0.3, -0.25) is 4.79 Å². The SMILES string of the molecule is CC(C)c1ccc(C(=O)c2c(Br)cc(O)c(O)c2O)cc1. The van der Waals surface area contributed by atoms with Gasteiger partial charge in [0, 0.05) is 10.0 Å². The smallest absolute Gasteiger partial charge is 0.201 e. The van der Waals surface area contributed by atoms with Crippen LogP contribution in [-0.4, -0.2) is 21.1 Å². The van der Waals surface area contributed by atoms with Crippen molar-refractivity contribution in [2.24, 2.45) is 0 Å². The van der Waals surface area contributed by atoms with Gasteiger partial charge in [0.2, 0.25) is 5.75 Å². The largest absolute Gasteiger partial charge is 0.504 e. The lowest BCUT2D eigenvalue weighted by molar-refractivity contribution is 0.103. The number of benzene rings is 2. The Morgan fingerprint density at radius 2 is 1.62 bits per heavy atom. The third-order valence-corrected chi connectivity index (χ3v) is 3.90. The molecule has 4 nitrogen and oxygen atoms in total. The van der Waals surface area contributed by atoms with Crippen molar-refractivity contribution in [3.8, 4) is 17.2 Å². The second-order valence-corrected chi connectivity index (χ2v) is 5.91. The van der Waals surface area contributed by atoms with Gasteiger partial charge in [-0.1, -0.05) is 38.1 Å². The molecule has 0 aliphatic heterocycles. The van der Waals surface area contributed by atoms with E-state index in [1.807, 2.05) is 12.1 Å². The molecule has 2 aromatic carbocycles. The predicted octanol–water partition coefficient (Wildman–Crippen LogP) is 3.92. The number of hydrogen-bond acceptors (Lipinski definition) is 4. The van der Waals surface area contributed by atoms with Gasteiger partial charge in [0.15, 0.2) is 17.3 Å². The fourth-order valence-corrected chi connectivity index (χ4v) is 2.58. The molecule has 0 atom stereocenters. The molecule has 2 aromatic rings. The van der Waals surface area contributed by atoms with Crippen LogP contribution in [0.25, 0.3) is 0 Å². The quantitative estimate of drug-likeness (QED) is 0.579. The molecule has 0 spiro atoms. The number of rotatable bonds is 3. The molecular weight excluding hydrogens is 336 g/mol. The Bertz CT molecular complexity index is 690. The molecule has 0 fully saturated rings. The van der Waals surface area contributed by atoms with Crippen molar-refractivity contribution in [1.29, 1.82) is 0 Å². The summed E-state index contributed by atoms with van der Waals surface area (Å²) in [4.78, 5) is 12.4. The number of halogens is 1. The molecule has 0 saturated carbocycles. The standard InChI is InChI=1S/C16H15BrO4/c1-8(2)9-3-5-10(6-4-9)14(19)13-11(17)7-12(18)15(20)16(13)21/h3-8,18,20-21H,1-2H3. The molecule has 2 rings (SSSR count). The molecule has 0 heterocycles. The maximum Gasteiger partial charge on any atom is 0.201 e. The summed E-state index contributed by atoms with van der Waals surface area (Å²) in [6, 6.07) is 8.22. The van der Waals surface area contributed by atoms with Crippen LogP contribution in [0.3, 0.4) is 0 Å². The molecule has 110 valence electrons. The zero-order valence-corrected chi connectivity index (χ0v) is 13.2. The molecule has 0 aliphatic rings. The average molecular weight is 351 g/mol. The van der Waals surface area contributed by atoms with Gasteiger partial charge in [-0.15, -0.1) is 0 Å². The number of hydrogen-bond donors (Lipinski definition) is 3. The minimum absolute atomic E-state index is 0.0809. The van der Waals surface area contributed by atoms with Crippen LogP contribution >= 0.6 is 15.9 Å². The topological polar surface area (TPSA) is 77.8 Å². The Morgan fingerprint density at radius 1 is 1.05 bits per heavy atom. The molecule has 5 heteroatoms. The van der Waals surface area contributed by atoms with Crippen LogP contribution < -0.4 is 0 Å². The van der Waals surface area contributed by atoms with Crippen molar-refractivity contribution < 1.29 is 20.1 Å². The Hall–Kier alpha value is -2.01. The van der Waals surface area contributed by atoms with Crippen molar-refractivity contribution in [2.75, 3.05) is 0 Å². The van der Waals surface area contributed by atoms with Crippen molar-refractivity contribution in [2.45, 2.75) is 19.8 Å². The minimum atomic E-state index is -0.708. The highest BCUT2D eigenvalue weighted by molar-refractivity contribution is 9.10. The minimum Gasteiger partial charge on any atom is -0.504 e. The first-order valence-electron chi connectivity index (χ1n) is 6.41. The van der Waals surface area contributed by atoms with Crippen molar-refractivity contribution >= 4 is 21.7 Å². The Kier molecular flexibility index (Phi) is 4.23. The van der Waals surface area contributed by atoms with Crippen molar-refractivity contribution in [3.05, 3.63) is 51.5 Å². The molecule has 3 N–H and O–H groups in total. The van der Waals surface area contributed by atoms with E-state index in [9.17, 15) is 20.1 Å². The van der Waals surface area contributed by atoms with Crippen LogP contribution in [-0.2, 0) is 0 Å². The highest BCUT2D eigenvalue weighted by Crippen LogP contribution is 2.42. The third kappa shape index (κ3) is 2.88. The molecular formula is C16H15BrO4. The first kappa shape index (κ1) is 15.4. The molecule has 0 aliphatic carbocycles. The summed E-state index contributed by atoms with van der Waals surface area (Å²) in [5, 5.41) is 28.8. The number of carbonyl (C=O) groups is 1. The summed E-state index contributed by atoms with van der Waals surface area (Å²) >= 11 is 3.12. The second-order valence-electron chi connectivity index (χ2n) is 5.06. The van der Waals surface area contributed by atoms with Gasteiger partial charge >= 0.3 is 0 Å². The van der Waals surface area contributed by atoms with Gasteiger partial charge in [-0.25, -0.2) is 0 Å². The van der Waals surface area contributed by atoms with E-state index in [2.05, 4.69) is 29.8 Å². The maximum absolute atomic E-state index is 12.4. The van der Waals surface area contributed by atoms with E-state index in [4.69, 9.17) is 0 Å². The molecule has 0 saturated heterocycles. The first-order valence-corrected chi connectivity index (χ1v) is 7.20. The van der Waals surface area contributed by atoms with Gasteiger partial charge in [-0.05, 0) is 33.5 Å². The van der Waals surface area contributed by atoms with Gasteiger partial charge < -0.3 is 15.3 Å². The zero-order chi connectivity index (χ0) is 15.7. The Balaban J connectivity index is 2.48. The van der Waals surface area contributed by atoms with Crippen LogP contribution in [0.4, 0.5) is 0 Å². The van der Waals surface area contributed by atoms with E-state index in [-0.39, 0.29) is 10.0 Å². The molecule has 0 radical (unpaired) electrons. The van der Waals surface area contributed by atoms with E-state index in [1.54, 1.807) is 12.1 Å². The van der Waals surface area contributed by atoms with Gasteiger partial charge in [0.1, 0.15) is 0 Å². The van der Waals surface area contributed by atoms with Crippen LogP contribution in [0.2, 0.25) is 0 Å². The molecule has 0 unspecified atom stereocenters. The van der Waals surface area contributed by atoms with Gasteiger partial charge in [-0.2, -0.15) is 0 Å². The van der Waals surface area contributed by atoms with Crippen molar-refractivity contribution in [1.82, 2.24) is 0 Å². The van der Waals surface area contributed by atoms with E-state index in [0.717, 1.165) is 5.56 Å². The summed E-state index contributed by atoms with van der Waals surface area (Å²) in [5.41, 5.74) is 1.41. The second kappa shape index (κ2) is 5.77. The molecule has 0 bridgehead atoms. The van der Waals surface area contributed by atoms with Crippen LogP contribution in [0.1, 0.15) is 41.3 Å². The van der Waals surface area contributed by atoms with Crippen molar-refractivity contribution in [3.63, 3.8) is 0 Å². The number of carbonyl (C=O) groups excluding carboxylic acids is 1. The van der Waals surface area contributed by atoms with Crippen LogP contribution in [0.15, 0.2) is 34.8 Å². The lowest BCUT2D eigenvalue weighted by atomic mass is 9.97. The maximum atomic E-state index is 12.4. The highest BCUT2D eigenvalue weighted by atomic mass is 79.9. The summed E-state index contributed by atoms with van der Waals surface area (Å²) in [5.74, 6) is -1.93. The molecule has 0 amide bonds. The number of phenolic OH excluding ortho intramolecular Hbond substituents is 3. The Labute approximate surface area is 130 Å². The van der Waals surface area contributed by atoms with E-state index >= 15 is 0 Å². The van der Waals surface area contributed by atoms with E-state index in [1.165, 1.54) is 6.07 Å². The zero-order valence-electron chi connectivity index (χ0n) is 11.6. The third-order valence-electron chi connectivity index (χ3n) is 3.27. The highest BCUT2D eigenvalue weighted by Gasteiger charge is 2.22. The fourth-order valence-electron chi connectivity index (χ4n) is 1.99. The van der Waals surface area contributed by atoms with E-state index < -0.39 is 23.0 Å². The van der Waals surface area contributed by atoms with Gasteiger partial charge in [0.05, 0.1) is 5.56 Å². The summed E-state index contributed by atoms with van der Waals surface area (Å²) in [7, 11) is 0. The lowest BCUT2D eigenvalue weighted by Gasteiger charge is -2.10. The average Bonchev–Trinajstić information content (AvgIpc) is 2.45. The lowest BCUT2D eigenvalue weighted by Crippen LogP contribution is -2.03. The summed E-state index contributed by atoms with van der Waals surface area (Å²) < 4.78 is 0.216. The monoisotopic (exact) mass is 350 g/mol. The molecule has 0 aromatic heterocycles. The number of phenols is 3. The van der Waals surface area contributed by atoms with Crippen LogP contribution in [0.5, 0.6) is 17.2 Å². The number of aromatic hydroxyl groups is 3. The summed E-state index contributed by atoms with van der Waals surface area (Å²) in [6.07, 6.45) is 0. The van der Waals surface area contributed by atoms with E-state index in [0.29, 0.717) is 11.5 Å². The fraction of sp³-hybridized carbons (Fsp3) is 0.188. The van der Waals surface area contributed by atoms with Crippen LogP contribution in [0, 0.1) is 0 Å². The normalized spacial score (nSPS) is 10.9. The number of ketones is 1. The van der Waals surface area contributed by atoms with Gasteiger partial charge in [0.25, 0.3) is 0 Å². The Morgan fingerprint density at radius 3 is 2.14 bits per heavy atom. The summed E-state index contributed by atoms with van der Waals surface area (Å²) in [6.45, 7) is 4.11. The molecule has 21 heavy (non-hydrogen) atoms.